The van der Waals surface area contributed by atoms with Gasteiger partial charge in [0.05, 0.1) is 6.54 Å². The van der Waals surface area contributed by atoms with Gasteiger partial charge in [-0.3, -0.25) is 9.59 Å². The molecular weight excluding hydrogens is 276 g/mol. The third kappa shape index (κ3) is 3.27. The van der Waals surface area contributed by atoms with Gasteiger partial charge in [-0.15, -0.1) is 11.3 Å². The number of nitrogens with zero attached hydrogens (tertiary/aromatic N) is 3. The molecule has 0 bridgehead atoms. The first-order chi connectivity index (χ1) is 9.65. The first kappa shape index (κ1) is 14.8. The Morgan fingerprint density at radius 2 is 1.95 bits per heavy atom. The molecule has 1 aromatic rings. The van der Waals surface area contributed by atoms with Crippen LogP contribution in [0, 0.1) is 0 Å². The van der Waals surface area contributed by atoms with Crippen molar-refractivity contribution in [2.45, 2.75) is 26.8 Å². The van der Waals surface area contributed by atoms with E-state index in [-0.39, 0.29) is 5.91 Å². The maximum atomic E-state index is 12.1. The third-order valence-corrected chi connectivity index (χ3v) is 4.06. The predicted molar refractivity (Wildman–Crippen MR) is 78.6 cm³/mol. The molecular formula is C13H20N4O2S. The summed E-state index contributed by atoms with van der Waals surface area (Å²) in [7, 11) is 0. The van der Waals surface area contributed by atoms with E-state index in [1.807, 2.05) is 13.8 Å². The second-order valence-electron chi connectivity index (χ2n) is 4.68. The van der Waals surface area contributed by atoms with Crippen LogP contribution < -0.4 is 5.32 Å². The van der Waals surface area contributed by atoms with Crippen molar-refractivity contribution in [3.8, 4) is 0 Å². The SMILES string of the molecule is CCCN1CCN(Cc2cnc(NCC)s2)C(=O)C1=O. The fourth-order valence-corrected chi connectivity index (χ4v) is 3.05. The van der Waals surface area contributed by atoms with Crippen molar-refractivity contribution in [3.05, 3.63) is 11.1 Å². The zero-order valence-corrected chi connectivity index (χ0v) is 12.7. The van der Waals surface area contributed by atoms with Crippen LogP contribution in [0.3, 0.4) is 0 Å². The maximum absolute atomic E-state index is 12.1. The summed E-state index contributed by atoms with van der Waals surface area (Å²) in [5, 5.41) is 3.99. The molecule has 110 valence electrons. The Hall–Kier alpha value is -1.63. The van der Waals surface area contributed by atoms with Crippen molar-refractivity contribution in [2.24, 2.45) is 0 Å². The van der Waals surface area contributed by atoms with Gasteiger partial charge >= 0.3 is 11.8 Å². The lowest BCUT2D eigenvalue weighted by molar-refractivity contribution is -0.156. The van der Waals surface area contributed by atoms with Gasteiger partial charge < -0.3 is 15.1 Å². The number of nitrogens with one attached hydrogen (secondary N) is 1. The maximum Gasteiger partial charge on any atom is 0.312 e. The first-order valence-electron chi connectivity index (χ1n) is 6.92. The molecule has 0 unspecified atom stereocenters. The lowest BCUT2D eigenvalue weighted by Crippen LogP contribution is -2.53. The van der Waals surface area contributed by atoms with E-state index in [2.05, 4.69) is 10.3 Å². The molecule has 1 fully saturated rings. The summed E-state index contributed by atoms with van der Waals surface area (Å²) in [6.07, 6.45) is 2.64. The number of carbonyl (C=O) groups is 2. The van der Waals surface area contributed by atoms with Crippen LogP contribution in [0.1, 0.15) is 25.1 Å². The minimum Gasteiger partial charge on any atom is -0.362 e. The molecule has 1 N–H and O–H groups in total. The smallest absolute Gasteiger partial charge is 0.312 e. The lowest BCUT2D eigenvalue weighted by Gasteiger charge is -2.33. The molecule has 2 rings (SSSR count). The Balaban J connectivity index is 1.96. The first-order valence-corrected chi connectivity index (χ1v) is 7.74. The zero-order valence-electron chi connectivity index (χ0n) is 11.9. The fraction of sp³-hybridized carbons (Fsp3) is 0.615. The number of aromatic nitrogens is 1. The summed E-state index contributed by atoms with van der Waals surface area (Å²) in [6.45, 7) is 7.17. The lowest BCUT2D eigenvalue weighted by atomic mass is 10.2. The number of hydrogen-bond acceptors (Lipinski definition) is 5. The van der Waals surface area contributed by atoms with Gasteiger partial charge in [-0.1, -0.05) is 6.92 Å². The van der Waals surface area contributed by atoms with Crippen LogP contribution in [0.4, 0.5) is 5.13 Å². The van der Waals surface area contributed by atoms with Gasteiger partial charge in [-0.05, 0) is 13.3 Å². The van der Waals surface area contributed by atoms with Crippen LogP contribution in [-0.2, 0) is 16.1 Å². The number of hydrogen-bond donors (Lipinski definition) is 1. The molecule has 0 aromatic carbocycles. The molecule has 1 aliphatic heterocycles. The summed E-state index contributed by atoms with van der Waals surface area (Å²) in [5.74, 6) is -0.780. The Bertz CT molecular complexity index is 488. The summed E-state index contributed by atoms with van der Waals surface area (Å²) in [4.78, 5) is 32.5. The highest BCUT2D eigenvalue weighted by atomic mass is 32.1. The molecule has 7 heteroatoms. The van der Waals surface area contributed by atoms with Gasteiger partial charge in [0.1, 0.15) is 0 Å². The van der Waals surface area contributed by atoms with E-state index in [4.69, 9.17) is 0 Å². The monoisotopic (exact) mass is 296 g/mol. The summed E-state index contributed by atoms with van der Waals surface area (Å²) >= 11 is 1.52. The van der Waals surface area contributed by atoms with E-state index in [1.54, 1.807) is 16.0 Å². The zero-order chi connectivity index (χ0) is 14.5. The Morgan fingerprint density at radius 1 is 1.25 bits per heavy atom. The van der Waals surface area contributed by atoms with Gasteiger partial charge in [0, 0.05) is 37.3 Å². The van der Waals surface area contributed by atoms with Gasteiger partial charge in [-0.2, -0.15) is 0 Å². The van der Waals surface area contributed by atoms with Crippen molar-refractivity contribution < 1.29 is 9.59 Å². The average molecular weight is 296 g/mol. The largest absolute Gasteiger partial charge is 0.362 e. The highest BCUT2D eigenvalue weighted by Gasteiger charge is 2.32. The van der Waals surface area contributed by atoms with Crippen molar-refractivity contribution in [3.63, 3.8) is 0 Å². The Morgan fingerprint density at radius 3 is 2.65 bits per heavy atom. The summed E-state index contributed by atoms with van der Waals surface area (Å²) < 4.78 is 0. The standard InChI is InChI=1S/C13H20N4O2S/c1-3-5-16-6-7-17(12(19)11(16)18)9-10-8-15-13(20-10)14-4-2/h8H,3-7,9H2,1-2H3,(H,14,15). The Kier molecular flexibility index (Phi) is 4.94. The van der Waals surface area contributed by atoms with Crippen molar-refractivity contribution in [1.29, 1.82) is 0 Å². The highest BCUT2D eigenvalue weighted by Crippen LogP contribution is 2.20. The number of thiazole rings is 1. The molecule has 6 nitrogen and oxygen atoms in total. The van der Waals surface area contributed by atoms with Crippen LogP contribution in [-0.4, -0.2) is 52.8 Å². The molecule has 0 atom stereocenters. The molecule has 2 heterocycles. The van der Waals surface area contributed by atoms with Crippen LogP contribution in [0.5, 0.6) is 0 Å². The minimum absolute atomic E-state index is 0.380. The second-order valence-corrected chi connectivity index (χ2v) is 5.80. The van der Waals surface area contributed by atoms with Crippen LogP contribution in [0.15, 0.2) is 6.20 Å². The van der Waals surface area contributed by atoms with E-state index < -0.39 is 5.91 Å². The van der Waals surface area contributed by atoms with Gasteiger partial charge in [0.2, 0.25) is 0 Å². The molecule has 0 saturated carbocycles. The van der Waals surface area contributed by atoms with Crippen LogP contribution in [0.2, 0.25) is 0 Å². The van der Waals surface area contributed by atoms with Crippen LogP contribution >= 0.6 is 11.3 Å². The molecule has 0 spiro atoms. The van der Waals surface area contributed by atoms with Gasteiger partial charge in [-0.25, -0.2) is 4.98 Å². The normalized spacial score (nSPS) is 15.9. The number of carbonyl (C=O) groups excluding carboxylic acids is 2. The van der Waals surface area contributed by atoms with E-state index in [0.29, 0.717) is 26.2 Å². The summed E-state index contributed by atoms with van der Waals surface area (Å²) in [6, 6.07) is 0. The average Bonchev–Trinajstić information content (AvgIpc) is 2.86. The minimum atomic E-state index is -0.400. The Labute approximate surface area is 122 Å². The highest BCUT2D eigenvalue weighted by molar-refractivity contribution is 7.15. The number of piperazine rings is 1. The van der Waals surface area contributed by atoms with Crippen molar-refractivity contribution in [2.75, 3.05) is 31.5 Å². The number of rotatable bonds is 6. The van der Waals surface area contributed by atoms with Gasteiger partial charge in [0.25, 0.3) is 0 Å². The fourth-order valence-electron chi connectivity index (χ4n) is 2.15. The number of anilines is 1. The molecule has 20 heavy (non-hydrogen) atoms. The molecule has 2 amide bonds. The van der Waals surface area contributed by atoms with E-state index >= 15 is 0 Å². The topological polar surface area (TPSA) is 65.5 Å². The van der Waals surface area contributed by atoms with Crippen molar-refractivity contribution >= 4 is 28.3 Å². The van der Waals surface area contributed by atoms with E-state index in [0.717, 1.165) is 23.0 Å². The molecule has 0 aliphatic carbocycles. The molecule has 1 aromatic heterocycles. The van der Waals surface area contributed by atoms with Gasteiger partial charge in [0.15, 0.2) is 5.13 Å². The predicted octanol–water partition coefficient (Wildman–Crippen LogP) is 1.16. The number of amides is 2. The third-order valence-electron chi connectivity index (χ3n) is 3.12. The quantitative estimate of drug-likeness (QED) is 0.800. The van der Waals surface area contributed by atoms with E-state index in [9.17, 15) is 9.59 Å². The summed E-state index contributed by atoms with van der Waals surface area (Å²) in [5.41, 5.74) is 0. The van der Waals surface area contributed by atoms with E-state index in [1.165, 1.54) is 11.3 Å². The molecule has 0 radical (unpaired) electrons. The van der Waals surface area contributed by atoms with Crippen molar-refractivity contribution in [1.82, 2.24) is 14.8 Å². The molecule has 1 saturated heterocycles. The second kappa shape index (κ2) is 6.69. The molecule has 1 aliphatic rings. The van der Waals surface area contributed by atoms with Crippen LogP contribution in [0.25, 0.3) is 0 Å².